The van der Waals surface area contributed by atoms with Crippen LogP contribution in [0.1, 0.15) is 29.4 Å². The Morgan fingerprint density at radius 1 is 1.26 bits per heavy atom. The molecule has 1 aromatic heterocycles. The third-order valence-electron chi connectivity index (χ3n) is 3.75. The zero-order chi connectivity index (χ0) is 19.1. The number of aromatic nitrogens is 2. The van der Waals surface area contributed by atoms with E-state index in [1.165, 1.54) is 6.21 Å². The van der Waals surface area contributed by atoms with E-state index in [1.807, 2.05) is 31.2 Å². The molecule has 0 radical (unpaired) electrons. The summed E-state index contributed by atoms with van der Waals surface area (Å²) in [6, 6.07) is 15.9. The summed E-state index contributed by atoms with van der Waals surface area (Å²) in [5.41, 5.74) is 4.59. The third-order valence-corrected chi connectivity index (χ3v) is 3.75. The van der Waals surface area contributed by atoms with E-state index in [9.17, 15) is 9.90 Å². The number of carbonyl (C=O) groups excluding carboxylic acids is 1. The summed E-state index contributed by atoms with van der Waals surface area (Å²) < 4.78 is 5.73. The molecule has 0 aliphatic heterocycles. The van der Waals surface area contributed by atoms with Gasteiger partial charge in [-0.25, -0.2) is 5.43 Å². The number of nitrogens with one attached hydrogen (secondary N) is 2. The Labute approximate surface area is 156 Å². The second kappa shape index (κ2) is 8.66. The summed E-state index contributed by atoms with van der Waals surface area (Å²) in [5, 5.41) is 20.4. The van der Waals surface area contributed by atoms with Gasteiger partial charge in [0.05, 0.1) is 18.5 Å². The van der Waals surface area contributed by atoms with Crippen molar-refractivity contribution < 1.29 is 14.6 Å². The van der Waals surface area contributed by atoms with Crippen molar-refractivity contribution in [2.24, 2.45) is 5.10 Å². The molecular weight excluding hydrogens is 344 g/mol. The van der Waals surface area contributed by atoms with Crippen LogP contribution in [0, 0.1) is 0 Å². The van der Waals surface area contributed by atoms with Gasteiger partial charge in [0.2, 0.25) is 0 Å². The lowest BCUT2D eigenvalue weighted by molar-refractivity contribution is 0.0950. The standard InChI is InChI=1S/C20H20N4O3/c1-2-11-27-19-10-6-4-8-15(19)16-12-17(23-22-16)20(26)24-21-13-14-7-3-5-9-18(14)25/h3-10,12-13,25H,2,11H2,1H3,(H,22,23)(H,24,26). The van der Waals surface area contributed by atoms with Crippen LogP contribution in [-0.4, -0.2) is 34.0 Å². The highest BCUT2D eigenvalue weighted by atomic mass is 16.5. The molecule has 1 heterocycles. The lowest BCUT2D eigenvalue weighted by Crippen LogP contribution is -2.18. The number of carbonyl (C=O) groups is 1. The molecule has 138 valence electrons. The van der Waals surface area contributed by atoms with Gasteiger partial charge in [-0.1, -0.05) is 31.2 Å². The fourth-order valence-electron chi connectivity index (χ4n) is 2.41. The van der Waals surface area contributed by atoms with Crippen molar-refractivity contribution in [2.75, 3.05) is 6.61 Å². The van der Waals surface area contributed by atoms with Gasteiger partial charge in [-0.2, -0.15) is 10.2 Å². The molecule has 3 N–H and O–H groups in total. The van der Waals surface area contributed by atoms with Gasteiger partial charge in [-0.3, -0.25) is 9.89 Å². The molecule has 0 fully saturated rings. The van der Waals surface area contributed by atoms with Crippen molar-refractivity contribution in [3.8, 4) is 22.8 Å². The average molecular weight is 364 g/mol. The first-order chi connectivity index (χ1) is 13.2. The van der Waals surface area contributed by atoms with Gasteiger partial charge < -0.3 is 9.84 Å². The molecule has 3 aromatic rings. The Morgan fingerprint density at radius 3 is 2.85 bits per heavy atom. The largest absolute Gasteiger partial charge is 0.507 e. The fraction of sp³-hybridized carbons (Fsp3) is 0.150. The molecule has 0 spiro atoms. The minimum atomic E-state index is -0.438. The molecular formula is C20H20N4O3. The zero-order valence-electron chi connectivity index (χ0n) is 14.8. The number of hydrogen-bond donors (Lipinski definition) is 3. The van der Waals surface area contributed by atoms with Crippen LogP contribution in [0.4, 0.5) is 0 Å². The molecule has 0 bridgehead atoms. The molecule has 0 saturated heterocycles. The first-order valence-corrected chi connectivity index (χ1v) is 8.58. The summed E-state index contributed by atoms with van der Waals surface area (Å²) in [4.78, 5) is 12.2. The third kappa shape index (κ3) is 4.52. The van der Waals surface area contributed by atoms with Gasteiger partial charge in [-0.15, -0.1) is 0 Å². The Kier molecular flexibility index (Phi) is 5.84. The van der Waals surface area contributed by atoms with Crippen molar-refractivity contribution in [3.05, 3.63) is 65.9 Å². The number of para-hydroxylation sites is 2. The predicted molar refractivity (Wildman–Crippen MR) is 103 cm³/mol. The van der Waals surface area contributed by atoms with E-state index in [-0.39, 0.29) is 11.4 Å². The van der Waals surface area contributed by atoms with Crippen LogP contribution in [0.3, 0.4) is 0 Å². The first-order valence-electron chi connectivity index (χ1n) is 8.58. The maximum Gasteiger partial charge on any atom is 0.289 e. The second-order valence-corrected chi connectivity index (χ2v) is 5.77. The molecule has 0 saturated carbocycles. The first kappa shape index (κ1) is 18.2. The second-order valence-electron chi connectivity index (χ2n) is 5.77. The molecule has 7 nitrogen and oxygen atoms in total. The SMILES string of the molecule is CCCOc1ccccc1-c1cc(C(=O)NN=Cc2ccccc2O)[nH]n1. The quantitative estimate of drug-likeness (QED) is 0.442. The molecule has 3 rings (SSSR count). The lowest BCUT2D eigenvalue weighted by atomic mass is 10.1. The van der Waals surface area contributed by atoms with Crippen molar-refractivity contribution in [1.29, 1.82) is 0 Å². The number of hydrogen-bond acceptors (Lipinski definition) is 5. The lowest BCUT2D eigenvalue weighted by Gasteiger charge is -2.08. The van der Waals surface area contributed by atoms with E-state index in [4.69, 9.17) is 4.74 Å². The predicted octanol–water partition coefficient (Wildman–Crippen LogP) is 3.34. The normalized spacial score (nSPS) is 10.9. The van der Waals surface area contributed by atoms with Gasteiger partial charge in [0.15, 0.2) is 0 Å². The minimum Gasteiger partial charge on any atom is -0.507 e. The van der Waals surface area contributed by atoms with Crippen LogP contribution in [0.15, 0.2) is 59.7 Å². The number of aromatic amines is 1. The van der Waals surface area contributed by atoms with E-state index < -0.39 is 5.91 Å². The van der Waals surface area contributed by atoms with Crippen LogP contribution in [0.25, 0.3) is 11.3 Å². The number of phenolic OH excluding ortho intramolecular Hbond substituents is 1. The number of benzene rings is 2. The number of rotatable bonds is 7. The van der Waals surface area contributed by atoms with Crippen LogP contribution >= 0.6 is 0 Å². The van der Waals surface area contributed by atoms with Gasteiger partial charge in [0, 0.05) is 11.1 Å². The fourth-order valence-corrected chi connectivity index (χ4v) is 2.41. The Balaban J connectivity index is 1.70. The highest BCUT2D eigenvalue weighted by Gasteiger charge is 2.13. The molecule has 0 unspecified atom stereocenters. The number of phenols is 1. The molecule has 27 heavy (non-hydrogen) atoms. The van der Waals surface area contributed by atoms with Crippen molar-refractivity contribution in [3.63, 3.8) is 0 Å². The summed E-state index contributed by atoms with van der Waals surface area (Å²) in [7, 11) is 0. The number of ether oxygens (including phenoxy) is 1. The molecule has 2 aromatic carbocycles. The molecule has 1 amide bonds. The number of nitrogens with zero attached hydrogens (tertiary/aromatic N) is 2. The van der Waals surface area contributed by atoms with Crippen molar-refractivity contribution in [1.82, 2.24) is 15.6 Å². The topological polar surface area (TPSA) is 99.6 Å². The monoisotopic (exact) mass is 364 g/mol. The molecule has 7 heteroatoms. The highest BCUT2D eigenvalue weighted by molar-refractivity contribution is 5.94. The number of aromatic hydroxyl groups is 1. The molecule has 0 atom stereocenters. The van der Waals surface area contributed by atoms with Crippen molar-refractivity contribution >= 4 is 12.1 Å². The highest BCUT2D eigenvalue weighted by Crippen LogP contribution is 2.28. The van der Waals surface area contributed by atoms with E-state index in [2.05, 4.69) is 20.7 Å². The summed E-state index contributed by atoms with van der Waals surface area (Å²) >= 11 is 0. The maximum atomic E-state index is 12.2. The van der Waals surface area contributed by atoms with Gasteiger partial charge in [0.1, 0.15) is 17.2 Å². The Bertz CT molecular complexity index is 950. The van der Waals surface area contributed by atoms with E-state index in [0.717, 1.165) is 17.7 Å². The average Bonchev–Trinajstić information content (AvgIpc) is 3.18. The number of H-pyrrole nitrogens is 1. The van der Waals surface area contributed by atoms with Crippen LogP contribution in [0.2, 0.25) is 0 Å². The number of hydrazone groups is 1. The summed E-state index contributed by atoms with van der Waals surface area (Å²) in [5.74, 6) is 0.366. The van der Waals surface area contributed by atoms with Crippen LogP contribution < -0.4 is 10.2 Å². The van der Waals surface area contributed by atoms with E-state index >= 15 is 0 Å². The van der Waals surface area contributed by atoms with E-state index in [0.29, 0.717) is 17.9 Å². The Hall–Kier alpha value is -3.61. The molecule has 0 aliphatic carbocycles. The van der Waals surface area contributed by atoms with E-state index in [1.54, 1.807) is 30.3 Å². The summed E-state index contributed by atoms with van der Waals surface area (Å²) in [6.45, 7) is 2.64. The van der Waals surface area contributed by atoms with Crippen molar-refractivity contribution in [2.45, 2.75) is 13.3 Å². The number of amides is 1. The smallest absolute Gasteiger partial charge is 0.289 e. The van der Waals surface area contributed by atoms with Gasteiger partial charge in [0.25, 0.3) is 5.91 Å². The minimum absolute atomic E-state index is 0.0861. The molecule has 0 aliphatic rings. The zero-order valence-corrected chi connectivity index (χ0v) is 14.8. The van der Waals surface area contributed by atoms with Gasteiger partial charge in [-0.05, 0) is 36.8 Å². The van der Waals surface area contributed by atoms with Crippen LogP contribution in [-0.2, 0) is 0 Å². The van der Waals surface area contributed by atoms with Crippen LogP contribution in [0.5, 0.6) is 11.5 Å². The van der Waals surface area contributed by atoms with Gasteiger partial charge >= 0.3 is 0 Å². The maximum absolute atomic E-state index is 12.2. The Morgan fingerprint density at radius 2 is 2.04 bits per heavy atom. The summed E-state index contributed by atoms with van der Waals surface area (Å²) in [6.07, 6.45) is 2.27.